The van der Waals surface area contributed by atoms with Crippen molar-refractivity contribution >= 4 is 21.7 Å². The number of carbonyl (C=O) groups is 1. The minimum atomic E-state index is 0.0805. The molecule has 0 saturated heterocycles. The number of benzene rings is 2. The summed E-state index contributed by atoms with van der Waals surface area (Å²) in [7, 11) is 0. The lowest BCUT2D eigenvalue weighted by Gasteiger charge is -2.18. The normalized spacial score (nSPS) is 15.4. The highest BCUT2D eigenvalue weighted by molar-refractivity contribution is 9.10. The van der Waals surface area contributed by atoms with E-state index >= 15 is 0 Å². The number of rotatable bonds is 4. The zero-order valence-electron chi connectivity index (χ0n) is 16.8. The lowest BCUT2D eigenvalue weighted by atomic mass is 10.1. The molecule has 0 radical (unpaired) electrons. The van der Waals surface area contributed by atoms with Gasteiger partial charge in [-0.15, -0.1) is 0 Å². The molecule has 30 heavy (non-hydrogen) atoms. The van der Waals surface area contributed by atoms with E-state index in [4.69, 9.17) is 9.47 Å². The van der Waals surface area contributed by atoms with Crippen molar-refractivity contribution in [1.82, 2.24) is 4.57 Å². The van der Waals surface area contributed by atoms with Gasteiger partial charge in [0.05, 0.1) is 6.54 Å². The summed E-state index contributed by atoms with van der Waals surface area (Å²) in [6.07, 6.45) is 6.67. The number of ether oxygens (including phenoxy) is 2. The molecule has 0 N–H and O–H groups in total. The van der Waals surface area contributed by atoms with Crippen LogP contribution in [0.5, 0.6) is 11.5 Å². The average Bonchev–Trinajstić information content (AvgIpc) is 2.94. The van der Waals surface area contributed by atoms with Crippen LogP contribution in [0.3, 0.4) is 0 Å². The van der Waals surface area contributed by atoms with Crippen LogP contribution in [0.15, 0.2) is 53.1 Å². The number of ketones is 1. The summed E-state index contributed by atoms with van der Waals surface area (Å²) in [4.78, 5) is 13.1. The fourth-order valence-electron chi connectivity index (χ4n) is 4.29. The first-order valence-electron chi connectivity index (χ1n) is 10.5. The van der Waals surface area contributed by atoms with Gasteiger partial charge in [0.1, 0.15) is 19.4 Å². The number of aromatic nitrogens is 2. The topological polar surface area (TPSA) is 44.3 Å². The Balaban J connectivity index is 1.48. The first-order chi connectivity index (χ1) is 14.7. The van der Waals surface area contributed by atoms with Crippen LogP contribution in [-0.2, 0) is 19.5 Å². The van der Waals surface area contributed by atoms with Gasteiger partial charge in [-0.25, -0.2) is 9.13 Å². The minimum absolute atomic E-state index is 0.0805. The second-order valence-electron chi connectivity index (χ2n) is 7.81. The van der Waals surface area contributed by atoms with Gasteiger partial charge in [0.15, 0.2) is 23.7 Å². The van der Waals surface area contributed by atoms with Crippen molar-refractivity contribution in [3.05, 3.63) is 64.5 Å². The molecule has 0 fully saturated rings. The van der Waals surface area contributed by atoms with Gasteiger partial charge in [0, 0.05) is 22.0 Å². The Morgan fingerprint density at radius 3 is 2.63 bits per heavy atom. The third-order valence-electron chi connectivity index (χ3n) is 5.81. The standard InChI is InChI=1S/C24H24BrN2O3/c25-19-8-5-17(6-9-19)20-15-26(24-4-2-1-3-11-27(20)24)16-21(28)18-7-10-22-23(14-18)30-13-12-29-22/h5-10,14-15H,1-4,11-13,16H2/q+1. The van der Waals surface area contributed by atoms with Gasteiger partial charge in [0.2, 0.25) is 5.78 Å². The minimum Gasteiger partial charge on any atom is -0.486 e. The summed E-state index contributed by atoms with van der Waals surface area (Å²) in [6, 6.07) is 13.9. The molecule has 0 bridgehead atoms. The van der Waals surface area contributed by atoms with E-state index in [-0.39, 0.29) is 5.78 Å². The monoisotopic (exact) mass is 467 g/mol. The van der Waals surface area contributed by atoms with Crippen molar-refractivity contribution in [3.8, 4) is 22.8 Å². The maximum Gasteiger partial charge on any atom is 0.257 e. The Hall–Kier alpha value is -2.60. The molecular weight excluding hydrogens is 444 g/mol. The predicted molar refractivity (Wildman–Crippen MR) is 117 cm³/mol. The number of nitrogens with zero attached hydrogens (tertiary/aromatic N) is 2. The van der Waals surface area contributed by atoms with E-state index in [1.54, 1.807) is 0 Å². The molecule has 0 unspecified atom stereocenters. The molecule has 2 aliphatic rings. The van der Waals surface area contributed by atoms with Crippen LogP contribution in [0.25, 0.3) is 11.3 Å². The molecule has 5 rings (SSSR count). The van der Waals surface area contributed by atoms with Gasteiger partial charge < -0.3 is 9.47 Å². The fraction of sp³-hybridized carbons (Fsp3) is 0.333. The Morgan fingerprint density at radius 2 is 1.80 bits per heavy atom. The molecule has 2 aromatic carbocycles. The SMILES string of the molecule is O=C(C[n+]1cc(-c2ccc(Br)cc2)n2c1CCCCC2)c1ccc2c(c1)OCCO2. The second-order valence-corrected chi connectivity index (χ2v) is 8.72. The number of imidazole rings is 1. The summed E-state index contributed by atoms with van der Waals surface area (Å²) in [5.41, 5.74) is 3.01. The highest BCUT2D eigenvalue weighted by atomic mass is 79.9. The summed E-state index contributed by atoms with van der Waals surface area (Å²) in [6.45, 7) is 2.38. The molecule has 1 aromatic heterocycles. The molecule has 0 aliphatic carbocycles. The molecule has 3 aromatic rings. The molecular formula is C24H24BrN2O3+. The number of fused-ring (bicyclic) bond motifs is 2. The zero-order valence-corrected chi connectivity index (χ0v) is 18.4. The highest BCUT2D eigenvalue weighted by Crippen LogP contribution is 2.31. The Morgan fingerprint density at radius 1 is 1.00 bits per heavy atom. The van der Waals surface area contributed by atoms with E-state index < -0.39 is 0 Å². The summed E-state index contributed by atoms with van der Waals surface area (Å²) >= 11 is 3.52. The maximum absolute atomic E-state index is 13.1. The third-order valence-corrected chi connectivity index (χ3v) is 6.34. The van der Waals surface area contributed by atoms with Crippen molar-refractivity contribution in [2.24, 2.45) is 0 Å². The Kier molecular flexibility index (Phi) is 5.34. The van der Waals surface area contributed by atoms with Crippen molar-refractivity contribution < 1.29 is 18.8 Å². The van der Waals surface area contributed by atoms with Gasteiger partial charge in [-0.3, -0.25) is 4.79 Å². The predicted octanol–water partition coefficient (Wildman–Crippen LogP) is 4.59. The van der Waals surface area contributed by atoms with Crippen molar-refractivity contribution in [3.63, 3.8) is 0 Å². The second kappa shape index (κ2) is 8.26. The van der Waals surface area contributed by atoms with E-state index in [0.29, 0.717) is 36.8 Å². The zero-order chi connectivity index (χ0) is 20.5. The van der Waals surface area contributed by atoms with E-state index in [2.05, 4.69) is 55.5 Å². The Bertz CT molecular complexity index is 1090. The number of hydrogen-bond acceptors (Lipinski definition) is 3. The first kappa shape index (κ1) is 19.4. The van der Waals surface area contributed by atoms with Crippen LogP contribution >= 0.6 is 15.9 Å². The quantitative estimate of drug-likeness (QED) is 0.416. The first-order valence-corrected chi connectivity index (χ1v) is 11.3. The highest BCUT2D eigenvalue weighted by Gasteiger charge is 2.27. The van der Waals surface area contributed by atoms with Crippen LogP contribution < -0.4 is 14.0 Å². The molecule has 6 heteroatoms. The summed E-state index contributed by atoms with van der Waals surface area (Å²) in [5, 5.41) is 0. The lowest BCUT2D eigenvalue weighted by molar-refractivity contribution is -0.690. The summed E-state index contributed by atoms with van der Waals surface area (Å²) in [5.74, 6) is 2.68. The third kappa shape index (κ3) is 3.76. The van der Waals surface area contributed by atoms with Crippen LogP contribution in [0, 0.1) is 0 Å². The van der Waals surface area contributed by atoms with Crippen LogP contribution in [0.4, 0.5) is 0 Å². The van der Waals surface area contributed by atoms with Gasteiger partial charge in [-0.05, 0) is 61.7 Å². The van der Waals surface area contributed by atoms with Gasteiger partial charge >= 0.3 is 0 Å². The largest absolute Gasteiger partial charge is 0.486 e. The van der Waals surface area contributed by atoms with Crippen molar-refractivity contribution in [2.45, 2.75) is 38.8 Å². The number of hydrogen-bond donors (Lipinski definition) is 0. The molecule has 2 aliphatic heterocycles. The van der Waals surface area contributed by atoms with E-state index in [1.807, 2.05) is 18.2 Å². The smallest absolute Gasteiger partial charge is 0.257 e. The summed E-state index contributed by atoms with van der Waals surface area (Å²) < 4.78 is 16.8. The number of carbonyl (C=O) groups excluding carboxylic acids is 1. The van der Waals surface area contributed by atoms with Crippen molar-refractivity contribution in [2.75, 3.05) is 13.2 Å². The van der Waals surface area contributed by atoms with Crippen LogP contribution in [0.1, 0.15) is 35.4 Å². The van der Waals surface area contributed by atoms with E-state index in [9.17, 15) is 4.79 Å². The molecule has 0 atom stereocenters. The number of Topliss-reactive ketones (excluding diaryl/α,β-unsaturated/α-hetero) is 1. The Labute approximate surface area is 184 Å². The molecule has 3 heterocycles. The fourth-order valence-corrected chi connectivity index (χ4v) is 4.56. The average molecular weight is 468 g/mol. The molecule has 154 valence electrons. The van der Waals surface area contributed by atoms with E-state index in [1.165, 1.54) is 29.9 Å². The van der Waals surface area contributed by atoms with Gasteiger partial charge in [-0.2, -0.15) is 0 Å². The maximum atomic E-state index is 13.1. The molecule has 0 amide bonds. The van der Waals surface area contributed by atoms with Crippen molar-refractivity contribution in [1.29, 1.82) is 0 Å². The molecule has 5 nitrogen and oxygen atoms in total. The molecule has 0 spiro atoms. The van der Waals surface area contributed by atoms with Crippen LogP contribution in [-0.4, -0.2) is 23.6 Å². The van der Waals surface area contributed by atoms with E-state index in [0.717, 1.165) is 23.9 Å². The van der Waals surface area contributed by atoms with Gasteiger partial charge in [-0.1, -0.05) is 15.9 Å². The lowest BCUT2D eigenvalue weighted by Crippen LogP contribution is -2.40. The van der Waals surface area contributed by atoms with Crippen LogP contribution in [0.2, 0.25) is 0 Å². The number of halogens is 1. The molecule has 0 saturated carbocycles. The van der Waals surface area contributed by atoms with Gasteiger partial charge in [0.25, 0.3) is 5.82 Å².